The van der Waals surface area contributed by atoms with Gasteiger partial charge in [0.1, 0.15) is 17.8 Å². The molecule has 32 heavy (non-hydrogen) atoms. The van der Waals surface area contributed by atoms with Crippen LogP contribution in [-0.4, -0.2) is 29.0 Å². The molecule has 0 amide bonds. The number of halogens is 1. The number of rotatable bonds is 4. The maximum absolute atomic E-state index is 13.6. The maximum Gasteiger partial charge on any atom is 0.223 e. The van der Waals surface area contributed by atoms with Crippen molar-refractivity contribution in [3.05, 3.63) is 95.3 Å². The maximum atomic E-state index is 13.6. The van der Waals surface area contributed by atoms with Crippen LogP contribution >= 0.6 is 0 Å². The number of nitrogens with zero attached hydrogens (tertiary/aromatic N) is 4. The second-order valence-electron chi connectivity index (χ2n) is 8.09. The minimum absolute atomic E-state index is 0.116. The van der Waals surface area contributed by atoms with Crippen molar-refractivity contribution in [1.82, 2.24) is 14.9 Å². The lowest BCUT2D eigenvalue weighted by molar-refractivity contribution is 0.331. The summed E-state index contributed by atoms with van der Waals surface area (Å²) in [6.07, 6.45) is 7.99. The number of hydrogen-bond donors (Lipinski definition) is 0. The Labute approximate surface area is 187 Å². The zero-order valence-corrected chi connectivity index (χ0v) is 18.4. The quantitative estimate of drug-likeness (QED) is 0.540. The number of aromatic nitrogens is 2. The Morgan fingerprint density at radius 3 is 2.66 bits per heavy atom. The number of hydrogen-bond acceptors (Lipinski definition) is 5. The van der Waals surface area contributed by atoms with Gasteiger partial charge in [-0.1, -0.05) is 18.2 Å². The SMILES string of the molecule is COc1nc(N2C3=C(CCC=C3)N(C)C2c2ccc(F)cc2)ccc1-c1ccnc(C)c1. The largest absolute Gasteiger partial charge is 0.480 e. The van der Waals surface area contributed by atoms with Crippen molar-refractivity contribution in [2.75, 3.05) is 19.1 Å². The Morgan fingerprint density at radius 1 is 1.09 bits per heavy atom. The summed E-state index contributed by atoms with van der Waals surface area (Å²) in [7, 11) is 3.73. The van der Waals surface area contributed by atoms with Crippen LogP contribution in [0.25, 0.3) is 11.1 Å². The van der Waals surface area contributed by atoms with E-state index in [4.69, 9.17) is 9.72 Å². The lowest BCUT2D eigenvalue weighted by Crippen LogP contribution is -2.31. The van der Waals surface area contributed by atoms with Gasteiger partial charge in [0.2, 0.25) is 5.88 Å². The third-order valence-corrected chi connectivity index (χ3v) is 6.08. The lowest BCUT2D eigenvalue weighted by atomic mass is 10.1. The highest BCUT2D eigenvalue weighted by Crippen LogP contribution is 2.45. The molecule has 0 bridgehead atoms. The Balaban J connectivity index is 1.62. The molecule has 0 spiro atoms. The summed E-state index contributed by atoms with van der Waals surface area (Å²) >= 11 is 0. The van der Waals surface area contributed by atoms with Crippen molar-refractivity contribution in [1.29, 1.82) is 0 Å². The first-order valence-electron chi connectivity index (χ1n) is 10.7. The number of anilines is 1. The van der Waals surface area contributed by atoms with Crippen LogP contribution in [0.1, 0.15) is 30.3 Å². The highest BCUT2D eigenvalue weighted by atomic mass is 19.1. The molecule has 0 N–H and O–H groups in total. The van der Waals surface area contributed by atoms with Gasteiger partial charge in [0.25, 0.3) is 0 Å². The van der Waals surface area contributed by atoms with Crippen molar-refractivity contribution in [3.63, 3.8) is 0 Å². The molecular formula is C26H25FN4O. The molecule has 3 aromatic rings. The topological polar surface area (TPSA) is 41.5 Å². The van der Waals surface area contributed by atoms with Gasteiger partial charge >= 0.3 is 0 Å². The van der Waals surface area contributed by atoms with Gasteiger partial charge in [0.05, 0.1) is 12.8 Å². The van der Waals surface area contributed by atoms with Crippen molar-refractivity contribution < 1.29 is 9.13 Å². The molecule has 1 atom stereocenters. The van der Waals surface area contributed by atoms with Gasteiger partial charge in [-0.25, -0.2) is 4.39 Å². The molecule has 1 unspecified atom stereocenters. The van der Waals surface area contributed by atoms with Crippen LogP contribution in [0, 0.1) is 12.7 Å². The number of ether oxygens (including phenoxy) is 1. The Bertz CT molecular complexity index is 1220. The average molecular weight is 429 g/mol. The molecule has 3 heterocycles. The smallest absolute Gasteiger partial charge is 0.223 e. The molecule has 2 aliphatic rings. The van der Waals surface area contributed by atoms with E-state index in [1.54, 1.807) is 13.3 Å². The van der Waals surface area contributed by atoms with E-state index in [1.807, 2.05) is 43.3 Å². The standard InChI is InChI=1S/C26H25FN4O/c1-17-16-19(14-15-28-17)21-12-13-24(29-25(21)32-3)31-23-7-5-4-6-22(23)30(2)26(31)18-8-10-20(27)11-9-18/h5,7-16,26H,4,6H2,1-3H3. The molecule has 6 heteroatoms. The van der Waals surface area contributed by atoms with Crippen molar-refractivity contribution in [2.24, 2.45) is 0 Å². The monoisotopic (exact) mass is 428 g/mol. The van der Waals surface area contributed by atoms with Crippen molar-refractivity contribution >= 4 is 5.82 Å². The minimum atomic E-state index is -0.240. The summed E-state index contributed by atoms with van der Waals surface area (Å²) in [4.78, 5) is 13.7. The van der Waals surface area contributed by atoms with Crippen LogP contribution in [0.15, 0.2) is 78.3 Å². The normalized spacial score (nSPS) is 17.7. The molecule has 1 aromatic carbocycles. The minimum Gasteiger partial charge on any atom is -0.480 e. The Hall–Kier alpha value is -3.67. The van der Waals surface area contributed by atoms with Crippen molar-refractivity contribution in [2.45, 2.75) is 25.9 Å². The Kier molecular flexibility index (Phi) is 5.13. The van der Waals surface area contributed by atoms with Gasteiger partial charge < -0.3 is 9.64 Å². The van der Waals surface area contributed by atoms with Crippen LogP contribution < -0.4 is 9.64 Å². The summed E-state index contributed by atoms with van der Waals surface area (Å²) < 4.78 is 19.3. The summed E-state index contributed by atoms with van der Waals surface area (Å²) in [6, 6.07) is 14.8. The second kappa shape index (κ2) is 8.11. The van der Waals surface area contributed by atoms with E-state index < -0.39 is 0 Å². The number of methoxy groups -OCH3 is 1. The van der Waals surface area contributed by atoms with E-state index in [0.29, 0.717) is 5.88 Å². The van der Waals surface area contributed by atoms with Crippen LogP contribution in [0.3, 0.4) is 0 Å². The summed E-state index contributed by atoms with van der Waals surface area (Å²) in [5.74, 6) is 1.10. The first-order chi connectivity index (χ1) is 15.6. The van der Waals surface area contributed by atoms with Gasteiger partial charge in [0, 0.05) is 30.2 Å². The Morgan fingerprint density at radius 2 is 1.91 bits per heavy atom. The third-order valence-electron chi connectivity index (χ3n) is 6.08. The molecule has 1 aliphatic heterocycles. The molecule has 2 aromatic heterocycles. The molecule has 162 valence electrons. The highest BCUT2D eigenvalue weighted by molar-refractivity contribution is 5.71. The number of pyridine rings is 2. The molecule has 1 aliphatic carbocycles. The highest BCUT2D eigenvalue weighted by Gasteiger charge is 2.38. The van der Waals surface area contributed by atoms with Gasteiger partial charge in [-0.05, 0) is 73.4 Å². The number of benzene rings is 1. The fourth-order valence-electron chi connectivity index (χ4n) is 4.58. The van der Waals surface area contributed by atoms with E-state index in [0.717, 1.165) is 46.7 Å². The van der Waals surface area contributed by atoms with E-state index in [-0.39, 0.29) is 12.0 Å². The van der Waals surface area contributed by atoms with Gasteiger partial charge in [-0.3, -0.25) is 9.88 Å². The third kappa shape index (κ3) is 3.42. The van der Waals surface area contributed by atoms with E-state index in [9.17, 15) is 4.39 Å². The molecule has 5 nitrogen and oxygen atoms in total. The first-order valence-corrected chi connectivity index (χ1v) is 10.7. The molecule has 5 rings (SSSR count). The van der Waals surface area contributed by atoms with E-state index in [1.165, 1.54) is 17.8 Å². The van der Waals surface area contributed by atoms with Crippen LogP contribution in [0.2, 0.25) is 0 Å². The second-order valence-corrected chi connectivity index (χ2v) is 8.09. The predicted octanol–water partition coefficient (Wildman–Crippen LogP) is 5.61. The van der Waals surface area contributed by atoms with Crippen LogP contribution in [0.4, 0.5) is 10.2 Å². The lowest BCUT2D eigenvalue weighted by Gasteiger charge is -2.32. The summed E-state index contributed by atoms with van der Waals surface area (Å²) in [5.41, 5.74) is 6.26. The first kappa shape index (κ1) is 20.2. The number of allylic oxidation sites excluding steroid dienone is 3. The molecule has 0 fully saturated rings. The fraction of sp³-hybridized carbons (Fsp3) is 0.231. The van der Waals surface area contributed by atoms with Crippen molar-refractivity contribution in [3.8, 4) is 17.0 Å². The van der Waals surface area contributed by atoms with Crippen LogP contribution in [0.5, 0.6) is 5.88 Å². The molecule has 0 saturated heterocycles. The van der Waals surface area contributed by atoms with E-state index in [2.05, 4.69) is 34.0 Å². The van der Waals surface area contributed by atoms with Crippen LogP contribution in [-0.2, 0) is 0 Å². The summed E-state index contributed by atoms with van der Waals surface area (Å²) in [5, 5.41) is 0. The van der Waals surface area contributed by atoms with Gasteiger partial charge in [-0.15, -0.1) is 0 Å². The van der Waals surface area contributed by atoms with E-state index >= 15 is 0 Å². The molecular weight excluding hydrogens is 403 g/mol. The average Bonchev–Trinajstić information content (AvgIpc) is 3.12. The zero-order valence-electron chi connectivity index (χ0n) is 18.4. The zero-order chi connectivity index (χ0) is 22.2. The van der Waals surface area contributed by atoms with Gasteiger partial charge in [0.15, 0.2) is 0 Å². The summed E-state index contributed by atoms with van der Waals surface area (Å²) in [6.45, 7) is 1.97. The molecule has 0 saturated carbocycles. The predicted molar refractivity (Wildman–Crippen MR) is 124 cm³/mol. The van der Waals surface area contributed by atoms with Gasteiger partial charge in [-0.2, -0.15) is 4.98 Å². The number of aryl methyl sites for hydroxylation is 1. The fourth-order valence-corrected chi connectivity index (χ4v) is 4.58. The molecule has 0 radical (unpaired) electrons.